The first-order valence-corrected chi connectivity index (χ1v) is 10.9. The molecule has 1 N–H and O–H groups in total. The maximum Gasteiger partial charge on any atom is 0.287 e. The lowest BCUT2D eigenvalue weighted by Crippen LogP contribution is -2.38. The molecule has 7 nitrogen and oxygen atoms in total. The summed E-state index contributed by atoms with van der Waals surface area (Å²) in [7, 11) is 0. The lowest BCUT2D eigenvalue weighted by Gasteiger charge is -2.31. The van der Waals surface area contributed by atoms with Crippen LogP contribution in [0.2, 0.25) is 0 Å². The Kier molecular flexibility index (Phi) is 5.64. The Balaban J connectivity index is 1.16. The van der Waals surface area contributed by atoms with Gasteiger partial charge in [0, 0.05) is 44.1 Å². The van der Waals surface area contributed by atoms with E-state index in [-0.39, 0.29) is 29.1 Å². The minimum absolute atomic E-state index is 0.0970. The third-order valence-corrected chi connectivity index (χ3v) is 6.05. The Morgan fingerprint density at radius 2 is 1.91 bits per heavy atom. The predicted octanol–water partition coefficient (Wildman–Crippen LogP) is 4.02. The van der Waals surface area contributed by atoms with Gasteiger partial charge in [-0.3, -0.25) is 9.59 Å². The number of piperidine rings is 1. The van der Waals surface area contributed by atoms with Crippen LogP contribution in [0.5, 0.6) is 0 Å². The summed E-state index contributed by atoms with van der Waals surface area (Å²) < 4.78 is 21.7. The Morgan fingerprint density at radius 1 is 1.09 bits per heavy atom. The van der Waals surface area contributed by atoms with Crippen LogP contribution in [-0.4, -0.2) is 39.2 Å². The molecule has 8 heteroatoms. The van der Waals surface area contributed by atoms with Crippen LogP contribution in [0.1, 0.15) is 51.0 Å². The highest BCUT2D eigenvalue weighted by Crippen LogP contribution is 2.30. The number of amides is 2. The number of carbonyl (C=O) groups is 2. The van der Waals surface area contributed by atoms with Gasteiger partial charge in [-0.1, -0.05) is 12.1 Å². The lowest BCUT2D eigenvalue weighted by atomic mass is 9.94. The number of fused-ring (bicyclic) bond motifs is 1. The first-order chi connectivity index (χ1) is 16.1. The van der Waals surface area contributed by atoms with E-state index in [4.69, 9.17) is 4.42 Å². The standard InChI is InChI=1S/C25H23FN4O3/c26-20-4-2-1-3-19(20)25(32)30-12-8-18(9-13-30)21-5-6-22(33-21)24(31)28-16-17-7-11-29-14-10-27-23(29)15-17/h1-7,10-11,14-15,18H,8-9,12-13,16H2,(H,28,31). The van der Waals surface area contributed by atoms with Gasteiger partial charge < -0.3 is 19.0 Å². The van der Waals surface area contributed by atoms with Gasteiger partial charge >= 0.3 is 0 Å². The van der Waals surface area contributed by atoms with Crippen molar-refractivity contribution in [2.75, 3.05) is 13.1 Å². The van der Waals surface area contributed by atoms with Crippen molar-refractivity contribution in [2.24, 2.45) is 0 Å². The fourth-order valence-corrected chi connectivity index (χ4v) is 4.20. The number of nitrogens with one attached hydrogen (secondary N) is 1. The van der Waals surface area contributed by atoms with Crippen molar-refractivity contribution in [3.05, 3.63) is 95.6 Å². The van der Waals surface area contributed by atoms with Crippen molar-refractivity contribution in [3.63, 3.8) is 0 Å². The van der Waals surface area contributed by atoms with Crippen molar-refractivity contribution in [1.82, 2.24) is 19.6 Å². The van der Waals surface area contributed by atoms with Crippen LogP contribution in [0.25, 0.3) is 5.65 Å². The fourth-order valence-electron chi connectivity index (χ4n) is 4.20. The summed E-state index contributed by atoms with van der Waals surface area (Å²) in [6, 6.07) is 13.4. The molecule has 3 aromatic heterocycles. The zero-order valence-electron chi connectivity index (χ0n) is 17.9. The monoisotopic (exact) mass is 446 g/mol. The Morgan fingerprint density at radius 3 is 2.73 bits per heavy atom. The third-order valence-electron chi connectivity index (χ3n) is 6.05. The normalized spacial score (nSPS) is 14.5. The average Bonchev–Trinajstić information content (AvgIpc) is 3.52. The first-order valence-electron chi connectivity index (χ1n) is 10.9. The predicted molar refractivity (Wildman–Crippen MR) is 119 cm³/mol. The summed E-state index contributed by atoms with van der Waals surface area (Å²) in [5.74, 6) is 0.0278. The van der Waals surface area contributed by atoms with E-state index in [2.05, 4.69) is 10.3 Å². The minimum atomic E-state index is -0.504. The van der Waals surface area contributed by atoms with E-state index < -0.39 is 5.82 Å². The van der Waals surface area contributed by atoms with Crippen molar-refractivity contribution in [3.8, 4) is 0 Å². The van der Waals surface area contributed by atoms with Gasteiger partial charge in [0.1, 0.15) is 17.2 Å². The lowest BCUT2D eigenvalue weighted by molar-refractivity contribution is 0.0702. The minimum Gasteiger partial charge on any atom is -0.456 e. The smallest absolute Gasteiger partial charge is 0.287 e. The molecule has 1 fully saturated rings. The molecular formula is C25H23FN4O3. The molecule has 0 atom stereocenters. The quantitative estimate of drug-likeness (QED) is 0.502. The molecule has 5 rings (SSSR count). The zero-order chi connectivity index (χ0) is 22.8. The molecule has 4 heterocycles. The summed E-state index contributed by atoms with van der Waals surface area (Å²) in [5.41, 5.74) is 1.86. The third kappa shape index (κ3) is 4.37. The molecule has 1 aliphatic heterocycles. The van der Waals surface area contributed by atoms with Crippen LogP contribution in [-0.2, 0) is 6.54 Å². The molecule has 0 unspecified atom stereocenters. The number of hydrogen-bond donors (Lipinski definition) is 1. The molecule has 4 aromatic rings. The van der Waals surface area contributed by atoms with Crippen molar-refractivity contribution in [2.45, 2.75) is 25.3 Å². The largest absolute Gasteiger partial charge is 0.456 e. The number of furan rings is 1. The molecule has 0 bridgehead atoms. The molecule has 1 aliphatic rings. The summed E-state index contributed by atoms with van der Waals surface area (Å²) in [5, 5.41) is 2.88. The second-order valence-electron chi connectivity index (χ2n) is 8.16. The Labute approximate surface area is 189 Å². The van der Waals surface area contributed by atoms with Crippen LogP contribution >= 0.6 is 0 Å². The first kappa shape index (κ1) is 20.9. The van der Waals surface area contributed by atoms with Gasteiger partial charge in [0.05, 0.1) is 5.56 Å². The van der Waals surface area contributed by atoms with E-state index in [0.717, 1.165) is 17.0 Å². The fraction of sp³-hybridized carbons (Fsp3) is 0.240. The Bertz CT molecular complexity index is 1300. The number of pyridine rings is 1. The molecule has 33 heavy (non-hydrogen) atoms. The summed E-state index contributed by atoms with van der Waals surface area (Å²) in [6.45, 7) is 1.39. The summed E-state index contributed by atoms with van der Waals surface area (Å²) in [6.07, 6.45) is 6.88. The van der Waals surface area contributed by atoms with Crippen LogP contribution in [0.3, 0.4) is 0 Å². The van der Waals surface area contributed by atoms with E-state index in [1.165, 1.54) is 12.1 Å². The van der Waals surface area contributed by atoms with Gasteiger partial charge in [-0.25, -0.2) is 9.37 Å². The van der Waals surface area contributed by atoms with Crippen LogP contribution in [0.15, 0.2) is 71.5 Å². The number of nitrogens with zero attached hydrogens (tertiary/aromatic N) is 3. The number of rotatable bonds is 5. The van der Waals surface area contributed by atoms with E-state index >= 15 is 0 Å². The van der Waals surface area contributed by atoms with Crippen LogP contribution in [0.4, 0.5) is 4.39 Å². The molecule has 1 saturated heterocycles. The van der Waals surface area contributed by atoms with Gasteiger partial charge in [-0.15, -0.1) is 0 Å². The molecule has 1 aromatic carbocycles. The van der Waals surface area contributed by atoms with E-state index in [1.807, 2.05) is 35.0 Å². The molecule has 0 aliphatic carbocycles. The highest BCUT2D eigenvalue weighted by Gasteiger charge is 2.28. The SMILES string of the molecule is O=C(NCc1ccn2ccnc2c1)c1ccc(C2CCN(C(=O)c3ccccc3F)CC2)o1. The molecule has 2 amide bonds. The maximum absolute atomic E-state index is 13.9. The van der Waals surface area contributed by atoms with Gasteiger partial charge in [0.2, 0.25) is 0 Å². The highest BCUT2D eigenvalue weighted by molar-refractivity contribution is 5.94. The van der Waals surface area contributed by atoms with Crippen molar-refractivity contribution >= 4 is 17.5 Å². The number of likely N-dealkylation sites (tertiary alicyclic amines) is 1. The topological polar surface area (TPSA) is 79.9 Å². The second kappa shape index (κ2) is 8.90. The van der Waals surface area contributed by atoms with Crippen LogP contribution < -0.4 is 5.32 Å². The average molecular weight is 446 g/mol. The Hall–Kier alpha value is -3.94. The van der Waals surface area contributed by atoms with Crippen molar-refractivity contribution in [1.29, 1.82) is 0 Å². The van der Waals surface area contributed by atoms with Gasteiger partial charge in [-0.05, 0) is 54.8 Å². The van der Waals surface area contributed by atoms with E-state index in [1.54, 1.807) is 29.3 Å². The highest BCUT2D eigenvalue weighted by atomic mass is 19.1. The molecular weight excluding hydrogens is 423 g/mol. The van der Waals surface area contributed by atoms with Gasteiger partial charge in [0.25, 0.3) is 11.8 Å². The summed E-state index contributed by atoms with van der Waals surface area (Å²) in [4.78, 5) is 31.1. The maximum atomic E-state index is 13.9. The number of hydrogen-bond acceptors (Lipinski definition) is 4. The molecule has 0 radical (unpaired) electrons. The zero-order valence-corrected chi connectivity index (χ0v) is 17.9. The van der Waals surface area contributed by atoms with Crippen molar-refractivity contribution < 1.29 is 18.4 Å². The van der Waals surface area contributed by atoms with Crippen LogP contribution in [0, 0.1) is 5.82 Å². The number of halogens is 1. The van der Waals surface area contributed by atoms with Gasteiger partial charge in [-0.2, -0.15) is 0 Å². The molecule has 0 saturated carbocycles. The summed E-state index contributed by atoms with van der Waals surface area (Å²) >= 11 is 0. The second-order valence-corrected chi connectivity index (χ2v) is 8.16. The number of aromatic nitrogens is 2. The number of benzene rings is 1. The molecule has 168 valence electrons. The molecule has 0 spiro atoms. The number of imidazole rings is 1. The van der Waals surface area contributed by atoms with E-state index in [0.29, 0.717) is 32.5 Å². The van der Waals surface area contributed by atoms with E-state index in [9.17, 15) is 14.0 Å². The van der Waals surface area contributed by atoms with Gasteiger partial charge in [0.15, 0.2) is 5.76 Å². The number of carbonyl (C=O) groups excluding carboxylic acids is 2.